The summed E-state index contributed by atoms with van der Waals surface area (Å²) in [5, 5.41) is 12.9. The molecule has 21 heavy (non-hydrogen) atoms. The Morgan fingerprint density at radius 2 is 2.05 bits per heavy atom. The first-order chi connectivity index (χ1) is 9.74. The van der Waals surface area contributed by atoms with E-state index in [1.165, 1.54) is 30.0 Å². The summed E-state index contributed by atoms with van der Waals surface area (Å²) in [6, 6.07) is 4.16. The fourth-order valence-electron chi connectivity index (χ4n) is 1.84. The second kappa shape index (κ2) is 5.16. The highest BCUT2D eigenvalue weighted by Gasteiger charge is 2.27. The Morgan fingerprint density at radius 1 is 1.38 bits per heavy atom. The molecule has 2 aromatic rings. The number of ether oxygens (including phenoxy) is 1. The Balaban J connectivity index is 2.70. The van der Waals surface area contributed by atoms with Crippen LogP contribution in [-0.4, -0.2) is 33.0 Å². The molecule has 0 aliphatic carbocycles. The summed E-state index contributed by atoms with van der Waals surface area (Å²) in [5.41, 5.74) is -0.407. The smallest absolute Gasteiger partial charge is 0.375 e. The summed E-state index contributed by atoms with van der Waals surface area (Å²) in [5.74, 6) is -1.38. The number of methoxy groups -OCH3 is 1. The number of halogens is 1. The lowest BCUT2D eigenvalue weighted by atomic mass is 9.95. The van der Waals surface area contributed by atoms with Gasteiger partial charge in [0.15, 0.2) is 0 Å². The first-order valence-electron chi connectivity index (χ1n) is 6.29. The molecule has 7 heteroatoms. The molecule has 1 N–H and O–H groups in total. The molecule has 0 bridgehead atoms. The van der Waals surface area contributed by atoms with Crippen molar-refractivity contribution in [3.05, 3.63) is 35.7 Å². The molecule has 0 saturated heterocycles. The van der Waals surface area contributed by atoms with E-state index in [9.17, 15) is 9.18 Å². The van der Waals surface area contributed by atoms with Crippen LogP contribution in [0.15, 0.2) is 18.2 Å². The van der Waals surface area contributed by atoms with Crippen molar-refractivity contribution in [1.82, 2.24) is 14.8 Å². The van der Waals surface area contributed by atoms with Crippen molar-refractivity contribution in [1.29, 1.82) is 0 Å². The molecule has 0 aliphatic rings. The highest BCUT2D eigenvalue weighted by Crippen LogP contribution is 2.26. The molecule has 1 aromatic carbocycles. The number of carbonyl (C=O) groups is 1. The number of carboxylic acid groups (broad SMARTS) is 1. The van der Waals surface area contributed by atoms with Gasteiger partial charge in [0.1, 0.15) is 23.1 Å². The van der Waals surface area contributed by atoms with Crippen LogP contribution >= 0.6 is 0 Å². The maximum absolute atomic E-state index is 14.1. The minimum absolute atomic E-state index is 0.0966. The molecule has 1 aromatic heterocycles. The Morgan fingerprint density at radius 3 is 2.57 bits per heavy atom. The maximum atomic E-state index is 14.1. The van der Waals surface area contributed by atoms with E-state index in [-0.39, 0.29) is 11.5 Å². The van der Waals surface area contributed by atoms with Crippen LogP contribution in [0.2, 0.25) is 0 Å². The summed E-state index contributed by atoms with van der Waals surface area (Å²) in [6.07, 6.45) is 0. The highest BCUT2D eigenvalue weighted by atomic mass is 19.1. The zero-order valence-corrected chi connectivity index (χ0v) is 12.2. The van der Waals surface area contributed by atoms with Crippen LogP contribution < -0.4 is 4.74 Å². The Labute approximate surface area is 121 Å². The fourth-order valence-corrected chi connectivity index (χ4v) is 1.84. The highest BCUT2D eigenvalue weighted by molar-refractivity contribution is 5.83. The van der Waals surface area contributed by atoms with Crippen molar-refractivity contribution in [3.63, 3.8) is 0 Å². The quantitative estimate of drug-likeness (QED) is 0.940. The van der Waals surface area contributed by atoms with Crippen LogP contribution in [0.3, 0.4) is 0 Å². The van der Waals surface area contributed by atoms with Crippen LogP contribution in [0.5, 0.6) is 5.75 Å². The summed E-state index contributed by atoms with van der Waals surface area (Å²) in [7, 11) is 1.46. The predicted octanol–water partition coefficient (Wildman–Crippen LogP) is 2.41. The van der Waals surface area contributed by atoms with Gasteiger partial charge in [-0.1, -0.05) is 20.8 Å². The number of hydrogen-bond donors (Lipinski definition) is 1. The summed E-state index contributed by atoms with van der Waals surface area (Å²) in [6.45, 7) is 5.53. The van der Waals surface area contributed by atoms with E-state index in [1.807, 2.05) is 20.8 Å². The molecule has 0 fully saturated rings. The number of aromatic carboxylic acids is 1. The average Bonchev–Trinajstić information content (AvgIpc) is 2.84. The van der Waals surface area contributed by atoms with Gasteiger partial charge in [-0.25, -0.2) is 18.9 Å². The van der Waals surface area contributed by atoms with E-state index in [0.29, 0.717) is 11.6 Å². The first-order valence-corrected chi connectivity index (χ1v) is 6.29. The zero-order valence-electron chi connectivity index (χ0n) is 12.2. The van der Waals surface area contributed by atoms with E-state index in [0.717, 1.165) is 0 Å². The van der Waals surface area contributed by atoms with E-state index in [4.69, 9.17) is 9.84 Å². The van der Waals surface area contributed by atoms with Crippen LogP contribution in [0.4, 0.5) is 4.39 Å². The zero-order chi connectivity index (χ0) is 15.8. The molecule has 0 unspecified atom stereocenters. The fraction of sp³-hybridized carbons (Fsp3) is 0.357. The molecule has 6 nitrogen and oxygen atoms in total. The van der Waals surface area contributed by atoms with Gasteiger partial charge in [0.05, 0.1) is 7.11 Å². The average molecular weight is 293 g/mol. The topological polar surface area (TPSA) is 77.2 Å². The predicted molar refractivity (Wildman–Crippen MR) is 73.5 cm³/mol. The normalized spacial score (nSPS) is 11.5. The molecule has 112 valence electrons. The lowest BCUT2D eigenvalue weighted by molar-refractivity contribution is 0.0683. The Bertz CT molecular complexity index is 689. The molecular formula is C14H16FN3O3. The van der Waals surface area contributed by atoms with Gasteiger partial charge >= 0.3 is 5.97 Å². The number of benzene rings is 1. The standard InChI is InChI=1S/C14H16FN3O3/c1-14(2,3)13-16-11(12(19)20)17-18(13)10-7-8(21-4)5-6-9(10)15/h5-7H,1-4H3,(H,19,20). The third-order valence-electron chi connectivity index (χ3n) is 2.85. The largest absolute Gasteiger partial charge is 0.497 e. The van der Waals surface area contributed by atoms with Crippen molar-refractivity contribution < 1.29 is 19.0 Å². The van der Waals surface area contributed by atoms with Crippen molar-refractivity contribution in [3.8, 4) is 11.4 Å². The summed E-state index contributed by atoms with van der Waals surface area (Å²) >= 11 is 0. The van der Waals surface area contributed by atoms with Crippen molar-refractivity contribution in [2.45, 2.75) is 26.2 Å². The molecular weight excluding hydrogens is 277 g/mol. The SMILES string of the molecule is COc1ccc(F)c(-n2nc(C(=O)O)nc2C(C)(C)C)c1. The third-order valence-corrected chi connectivity index (χ3v) is 2.85. The van der Waals surface area contributed by atoms with Gasteiger partial charge in [0.25, 0.3) is 5.82 Å². The van der Waals surface area contributed by atoms with E-state index >= 15 is 0 Å². The second-order valence-corrected chi connectivity index (χ2v) is 5.54. The molecule has 0 amide bonds. The number of hydrogen-bond acceptors (Lipinski definition) is 4. The van der Waals surface area contributed by atoms with Crippen LogP contribution in [0.1, 0.15) is 37.2 Å². The van der Waals surface area contributed by atoms with Gasteiger partial charge in [-0.15, -0.1) is 5.10 Å². The van der Waals surface area contributed by atoms with Crippen molar-refractivity contribution >= 4 is 5.97 Å². The monoisotopic (exact) mass is 293 g/mol. The second-order valence-electron chi connectivity index (χ2n) is 5.54. The van der Waals surface area contributed by atoms with Gasteiger partial charge in [0.2, 0.25) is 0 Å². The Kier molecular flexibility index (Phi) is 3.67. The van der Waals surface area contributed by atoms with Gasteiger partial charge in [-0.3, -0.25) is 0 Å². The van der Waals surface area contributed by atoms with Crippen LogP contribution in [0.25, 0.3) is 5.69 Å². The number of rotatable bonds is 3. The van der Waals surface area contributed by atoms with Gasteiger partial charge in [0, 0.05) is 11.5 Å². The lowest BCUT2D eigenvalue weighted by Gasteiger charge is -2.18. The van der Waals surface area contributed by atoms with Gasteiger partial charge < -0.3 is 9.84 Å². The van der Waals surface area contributed by atoms with Crippen molar-refractivity contribution in [2.75, 3.05) is 7.11 Å². The van der Waals surface area contributed by atoms with Gasteiger partial charge in [-0.2, -0.15) is 0 Å². The third kappa shape index (κ3) is 2.86. The number of nitrogens with zero attached hydrogens (tertiary/aromatic N) is 3. The molecule has 0 radical (unpaired) electrons. The minimum Gasteiger partial charge on any atom is -0.497 e. The lowest BCUT2D eigenvalue weighted by Crippen LogP contribution is -2.19. The van der Waals surface area contributed by atoms with E-state index < -0.39 is 17.2 Å². The molecule has 0 aliphatic heterocycles. The molecule has 0 saturated carbocycles. The maximum Gasteiger partial charge on any atom is 0.375 e. The minimum atomic E-state index is -1.26. The summed E-state index contributed by atoms with van der Waals surface area (Å²) in [4.78, 5) is 15.1. The van der Waals surface area contributed by atoms with Gasteiger partial charge in [-0.05, 0) is 12.1 Å². The van der Waals surface area contributed by atoms with Crippen LogP contribution in [-0.2, 0) is 5.41 Å². The number of carboxylic acids is 1. The number of aromatic nitrogens is 3. The molecule has 2 rings (SSSR count). The van der Waals surface area contributed by atoms with Crippen LogP contribution in [0, 0.1) is 5.82 Å². The molecule has 1 heterocycles. The van der Waals surface area contributed by atoms with E-state index in [2.05, 4.69) is 10.1 Å². The van der Waals surface area contributed by atoms with Crippen molar-refractivity contribution in [2.24, 2.45) is 0 Å². The molecule has 0 spiro atoms. The summed E-state index contributed by atoms with van der Waals surface area (Å²) < 4.78 is 20.4. The van der Waals surface area contributed by atoms with E-state index in [1.54, 1.807) is 0 Å². The Hall–Kier alpha value is -2.44. The first kappa shape index (κ1) is 15.0. The molecule has 0 atom stereocenters.